The standard InChI is InChI=1S/C27H35F3N2O2/c1-24(34,27(28,29)30)15-32-14-18-12-25-7-6-21(32)23(18)26(25)8-9-31(13-16-2-3-16)22(25)10-17-4-5-19(33)11-20(17)26/h4-5,11,16,18,21-23,33-34H,2-3,6-10,12-15H2,1H3/t18-,21?,22?,23?,24?,25?,26?/m1/s1. The first kappa shape index (κ1) is 21.9. The number of benzene rings is 1. The van der Waals surface area contributed by atoms with E-state index in [-0.39, 0.29) is 23.4 Å². The van der Waals surface area contributed by atoms with Crippen LogP contribution in [0, 0.1) is 23.2 Å². The topological polar surface area (TPSA) is 46.9 Å². The van der Waals surface area contributed by atoms with Gasteiger partial charge < -0.3 is 10.2 Å². The minimum absolute atomic E-state index is 0.0679. The molecule has 0 aromatic heterocycles. The summed E-state index contributed by atoms with van der Waals surface area (Å²) in [6, 6.07) is 6.47. The van der Waals surface area contributed by atoms with Crippen molar-refractivity contribution in [3.05, 3.63) is 29.3 Å². The molecule has 0 radical (unpaired) electrons. The minimum atomic E-state index is -4.64. The van der Waals surface area contributed by atoms with Gasteiger partial charge in [0.05, 0.1) is 0 Å². The SMILES string of the molecule is CC(O)(CN1C[C@H]2CC34CCC1C2C31CCN(CC2CC2)C4Cc2ccc(O)cc21)C(F)(F)F. The average molecular weight is 477 g/mol. The molecular weight excluding hydrogens is 441 g/mol. The summed E-state index contributed by atoms with van der Waals surface area (Å²) >= 11 is 0. The predicted molar refractivity (Wildman–Crippen MR) is 121 cm³/mol. The van der Waals surface area contributed by atoms with Gasteiger partial charge in [-0.3, -0.25) is 9.80 Å². The van der Waals surface area contributed by atoms with Crippen molar-refractivity contribution in [1.29, 1.82) is 0 Å². The molecule has 2 N–H and O–H groups in total. The Bertz CT molecular complexity index is 1020. The maximum absolute atomic E-state index is 13.6. The number of piperidine rings is 1. The van der Waals surface area contributed by atoms with Crippen LogP contribution in [0.25, 0.3) is 0 Å². The Balaban J connectivity index is 1.31. The van der Waals surface area contributed by atoms with Crippen LogP contribution >= 0.6 is 0 Å². The van der Waals surface area contributed by atoms with Crippen LogP contribution in [0.4, 0.5) is 13.2 Å². The fourth-order valence-electron chi connectivity index (χ4n) is 9.72. The van der Waals surface area contributed by atoms with Gasteiger partial charge in [0.2, 0.25) is 0 Å². The van der Waals surface area contributed by atoms with Crippen molar-refractivity contribution in [2.24, 2.45) is 23.2 Å². The van der Waals surface area contributed by atoms with Crippen LogP contribution in [-0.4, -0.2) is 70.1 Å². The van der Waals surface area contributed by atoms with E-state index in [4.69, 9.17) is 0 Å². The Kier molecular flexibility index (Phi) is 4.33. The van der Waals surface area contributed by atoms with Gasteiger partial charge in [-0.2, -0.15) is 13.2 Å². The summed E-state index contributed by atoms with van der Waals surface area (Å²) in [5.74, 6) is 1.80. The lowest BCUT2D eigenvalue weighted by Gasteiger charge is -2.66. The average Bonchev–Trinajstić information content (AvgIpc) is 3.46. The second kappa shape index (κ2) is 6.71. The summed E-state index contributed by atoms with van der Waals surface area (Å²) in [6.07, 6.45) is 3.13. The van der Waals surface area contributed by atoms with E-state index in [1.54, 1.807) is 6.07 Å². The highest BCUT2D eigenvalue weighted by Gasteiger charge is 2.76. The quantitative estimate of drug-likeness (QED) is 0.688. The molecule has 5 fully saturated rings. The molecular formula is C27H35F3N2O2. The van der Waals surface area contributed by atoms with Gasteiger partial charge in [-0.15, -0.1) is 0 Å². The summed E-state index contributed by atoms with van der Waals surface area (Å²) in [6.45, 7) is 3.46. The zero-order valence-corrected chi connectivity index (χ0v) is 19.8. The molecule has 3 saturated carbocycles. The van der Waals surface area contributed by atoms with Crippen molar-refractivity contribution in [2.45, 2.75) is 81.1 Å². The first-order chi connectivity index (χ1) is 16.1. The number of aromatic hydroxyl groups is 1. The lowest BCUT2D eigenvalue weighted by molar-refractivity contribution is -0.259. The minimum Gasteiger partial charge on any atom is -0.508 e. The molecule has 0 spiro atoms. The second-order valence-electron chi connectivity index (χ2n) is 12.7. The first-order valence-corrected chi connectivity index (χ1v) is 13.2. The molecule has 2 aliphatic heterocycles. The van der Waals surface area contributed by atoms with Crippen LogP contribution in [0.15, 0.2) is 18.2 Å². The summed E-state index contributed by atoms with van der Waals surface area (Å²) in [4.78, 5) is 4.75. The highest BCUT2D eigenvalue weighted by molar-refractivity contribution is 5.50. The number of hydrogen-bond donors (Lipinski definition) is 2. The maximum Gasteiger partial charge on any atom is 0.418 e. The number of aliphatic hydroxyl groups is 1. The van der Waals surface area contributed by atoms with Crippen molar-refractivity contribution in [3.63, 3.8) is 0 Å². The van der Waals surface area contributed by atoms with Gasteiger partial charge >= 0.3 is 6.18 Å². The molecule has 2 saturated heterocycles. The number of hydrogen-bond acceptors (Lipinski definition) is 4. The fourth-order valence-corrected chi connectivity index (χ4v) is 9.72. The van der Waals surface area contributed by atoms with E-state index in [2.05, 4.69) is 11.0 Å². The van der Waals surface area contributed by atoms with Crippen molar-refractivity contribution in [1.82, 2.24) is 9.80 Å². The summed E-state index contributed by atoms with van der Waals surface area (Å²) in [5, 5.41) is 20.8. The van der Waals surface area contributed by atoms with E-state index in [0.717, 1.165) is 51.5 Å². The number of β-amino-alcohol motifs (C(OH)–C–C–N with tert-alkyl or cyclic N) is 1. The van der Waals surface area contributed by atoms with Crippen LogP contribution in [0.5, 0.6) is 5.75 Å². The molecule has 0 amide bonds. The number of phenols is 1. The summed E-state index contributed by atoms with van der Waals surface area (Å²) < 4.78 is 40.7. The Hall–Kier alpha value is -1.31. The van der Waals surface area contributed by atoms with Crippen molar-refractivity contribution < 1.29 is 23.4 Å². The van der Waals surface area contributed by atoms with Crippen LogP contribution in [0.1, 0.15) is 56.6 Å². The Labute approximate surface area is 199 Å². The van der Waals surface area contributed by atoms with E-state index in [1.807, 2.05) is 11.0 Å². The van der Waals surface area contributed by atoms with Crippen LogP contribution < -0.4 is 0 Å². The summed E-state index contributed by atoms with van der Waals surface area (Å²) in [7, 11) is 0. The number of rotatable bonds is 4. The number of phenolic OH excluding ortho intramolecular Hbond substituents is 1. The number of halogens is 3. The number of likely N-dealkylation sites (tertiary alicyclic amines) is 2. The normalized spacial score (nSPS) is 42.9. The van der Waals surface area contributed by atoms with Gasteiger partial charge in [0, 0.05) is 37.1 Å². The van der Waals surface area contributed by atoms with E-state index in [9.17, 15) is 23.4 Å². The van der Waals surface area contributed by atoms with Crippen molar-refractivity contribution in [3.8, 4) is 5.75 Å². The van der Waals surface area contributed by atoms with Crippen molar-refractivity contribution >= 4 is 0 Å². The molecule has 1 aromatic carbocycles. The predicted octanol–water partition coefficient (Wildman–Crippen LogP) is 4.08. The van der Waals surface area contributed by atoms with Gasteiger partial charge in [0.1, 0.15) is 5.75 Å². The van der Waals surface area contributed by atoms with Gasteiger partial charge in [-0.1, -0.05) is 6.07 Å². The van der Waals surface area contributed by atoms with Gasteiger partial charge in [0.15, 0.2) is 5.60 Å². The van der Waals surface area contributed by atoms with E-state index in [1.165, 1.54) is 30.5 Å². The molecule has 7 atom stereocenters. The molecule has 7 heteroatoms. The smallest absolute Gasteiger partial charge is 0.418 e. The van der Waals surface area contributed by atoms with Gasteiger partial charge in [-0.25, -0.2) is 0 Å². The number of fused-ring (bicyclic) bond motifs is 1. The van der Waals surface area contributed by atoms with E-state index >= 15 is 0 Å². The fraction of sp³-hybridized carbons (Fsp3) is 0.778. The monoisotopic (exact) mass is 476 g/mol. The third-order valence-electron chi connectivity index (χ3n) is 11.0. The zero-order chi connectivity index (χ0) is 23.7. The molecule has 4 aliphatic carbocycles. The lowest BCUT2D eigenvalue weighted by Crippen LogP contribution is -2.70. The first-order valence-electron chi connectivity index (χ1n) is 13.2. The third-order valence-corrected chi connectivity index (χ3v) is 11.0. The van der Waals surface area contributed by atoms with Crippen molar-refractivity contribution in [2.75, 3.05) is 26.2 Å². The molecule has 6 aliphatic rings. The Morgan fingerprint density at radius 3 is 2.65 bits per heavy atom. The highest BCUT2D eigenvalue weighted by atomic mass is 19.4. The Morgan fingerprint density at radius 1 is 1.12 bits per heavy atom. The molecule has 1 aromatic rings. The van der Waals surface area contributed by atoms with E-state index < -0.39 is 11.8 Å². The van der Waals surface area contributed by atoms with Gasteiger partial charge in [-0.05, 0) is 105 Å². The molecule has 186 valence electrons. The lowest BCUT2D eigenvalue weighted by atomic mass is 9.43. The molecule has 4 nitrogen and oxygen atoms in total. The molecule has 4 bridgehead atoms. The number of alkyl halides is 3. The largest absolute Gasteiger partial charge is 0.508 e. The van der Waals surface area contributed by atoms with Gasteiger partial charge in [0.25, 0.3) is 0 Å². The van der Waals surface area contributed by atoms with E-state index in [0.29, 0.717) is 30.2 Å². The molecule has 7 rings (SSSR count). The Morgan fingerprint density at radius 2 is 1.91 bits per heavy atom. The van der Waals surface area contributed by atoms with Crippen LogP contribution in [-0.2, 0) is 11.8 Å². The third kappa shape index (κ3) is 2.67. The van der Waals surface area contributed by atoms with Crippen LogP contribution in [0.3, 0.4) is 0 Å². The highest BCUT2D eigenvalue weighted by Crippen LogP contribution is 2.75. The number of nitrogens with zero attached hydrogens (tertiary/aromatic N) is 2. The zero-order valence-electron chi connectivity index (χ0n) is 19.8. The second-order valence-corrected chi connectivity index (χ2v) is 12.7. The van der Waals surface area contributed by atoms with Crippen LogP contribution in [0.2, 0.25) is 0 Å². The molecule has 34 heavy (non-hydrogen) atoms. The maximum atomic E-state index is 13.6. The summed E-state index contributed by atoms with van der Waals surface area (Å²) in [5.41, 5.74) is 0.0101. The molecule has 6 unspecified atom stereocenters. The molecule has 2 heterocycles.